The molecule has 16 heavy (non-hydrogen) atoms. The van der Waals surface area contributed by atoms with Crippen molar-refractivity contribution in [2.45, 2.75) is 33.5 Å². The summed E-state index contributed by atoms with van der Waals surface area (Å²) in [6.07, 6.45) is 2.20. The molecule has 1 nitrogen and oxygen atoms in total. The Morgan fingerprint density at radius 3 is 2.12 bits per heavy atom. The molecule has 0 amide bonds. The number of hydrogen-bond acceptors (Lipinski definition) is 1. The van der Waals surface area contributed by atoms with Crippen LogP contribution in [0.25, 0.3) is 5.76 Å². The predicted octanol–water partition coefficient (Wildman–Crippen LogP) is 4.54. The smallest absolute Gasteiger partial charge is 0.242 e. The maximum atomic E-state index is 6.13. The Balaban J connectivity index is 2.98. The minimum Gasteiger partial charge on any atom is -0.544 e. The number of benzene rings is 1. The zero-order chi connectivity index (χ0) is 12.2. The highest BCUT2D eigenvalue weighted by Crippen LogP contribution is 2.22. The zero-order valence-electron chi connectivity index (χ0n) is 10.9. The van der Waals surface area contributed by atoms with Crippen LogP contribution in [0.5, 0.6) is 0 Å². The molecule has 0 N–H and O–H groups in total. The van der Waals surface area contributed by atoms with E-state index in [9.17, 15) is 0 Å². The van der Waals surface area contributed by atoms with Gasteiger partial charge in [-0.2, -0.15) is 0 Å². The Morgan fingerprint density at radius 1 is 1.12 bits per heavy atom. The minimum atomic E-state index is -1.54. The quantitative estimate of drug-likeness (QED) is 0.549. The van der Waals surface area contributed by atoms with E-state index in [0.29, 0.717) is 5.92 Å². The summed E-state index contributed by atoms with van der Waals surface area (Å²) >= 11 is 0. The van der Waals surface area contributed by atoms with Crippen LogP contribution in [-0.4, -0.2) is 8.32 Å². The molecule has 2 heteroatoms. The van der Waals surface area contributed by atoms with E-state index < -0.39 is 8.32 Å². The van der Waals surface area contributed by atoms with Crippen molar-refractivity contribution in [3.05, 3.63) is 42.0 Å². The molecule has 0 saturated heterocycles. The SMILES string of the molecule is CC(C)/C=C(/O[Si](C)(C)C)c1ccccc1. The van der Waals surface area contributed by atoms with Crippen LogP contribution in [0.1, 0.15) is 19.4 Å². The van der Waals surface area contributed by atoms with Crippen LogP contribution in [0.2, 0.25) is 19.6 Å². The van der Waals surface area contributed by atoms with Gasteiger partial charge in [-0.05, 0) is 31.6 Å². The fourth-order valence-electron chi connectivity index (χ4n) is 1.42. The van der Waals surface area contributed by atoms with Gasteiger partial charge >= 0.3 is 0 Å². The van der Waals surface area contributed by atoms with Gasteiger partial charge in [0.15, 0.2) is 0 Å². The van der Waals surface area contributed by atoms with E-state index in [-0.39, 0.29) is 0 Å². The van der Waals surface area contributed by atoms with E-state index >= 15 is 0 Å². The summed E-state index contributed by atoms with van der Waals surface area (Å²) in [5.41, 5.74) is 1.18. The molecule has 0 atom stereocenters. The molecular formula is C14H22OSi. The summed E-state index contributed by atoms with van der Waals surface area (Å²) in [7, 11) is -1.54. The average Bonchev–Trinajstić information content (AvgIpc) is 2.15. The summed E-state index contributed by atoms with van der Waals surface area (Å²) in [5, 5.41) is 0. The number of hydrogen-bond donors (Lipinski definition) is 0. The summed E-state index contributed by atoms with van der Waals surface area (Å²) in [6.45, 7) is 11.0. The van der Waals surface area contributed by atoms with Gasteiger partial charge in [0.1, 0.15) is 5.76 Å². The second-order valence-corrected chi connectivity index (χ2v) is 9.78. The van der Waals surface area contributed by atoms with Crippen molar-refractivity contribution in [2.24, 2.45) is 5.92 Å². The summed E-state index contributed by atoms with van der Waals surface area (Å²) in [5.74, 6) is 1.54. The van der Waals surface area contributed by atoms with Crippen LogP contribution in [-0.2, 0) is 4.43 Å². The largest absolute Gasteiger partial charge is 0.544 e. The van der Waals surface area contributed by atoms with Crippen molar-refractivity contribution in [2.75, 3.05) is 0 Å². The molecule has 0 aliphatic heterocycles. The molecule has 0 heterocycles. The van der Waals surface area contributed by atoms with Gasteiger partial charge in [0.25, 0.3) is 0 Å². The monoisotopic (exact) mass is 234 g/mol. The van der Waals surface area contributed by atoms with Crippen LogP contribution in [0.15, 0.2) is 36.4 Å². The Bertz CT molecular complexity index is 347. The maximum absolute atomic E-state index is 6.13. The molecule has 0 aliphatic rings. The van der Waals surface area contributed by atoms with Gasteiger partial charge in [0.2, 0.25) is 8.32 Å². The zero-order valence-corrected chi connectivity index (χ0v) is 11.9. The molecule has 0 fully saturated rings. The van der Waals surface area contributed by atoms with E-state index in [1.54, 1.807) is 0 Å². The number of allylic oxidation sites excluding steroid dienone is 1. The third kappa shape index (κ3) is 4.66. The normalized spacial score (nSPS) is 13.0. The van der Waals surface area contributed by atoms with E-state index in [0.717, 1.165) is 5.76 Å². The van der Waals surface area contributed by atoms with E-state index in [1.807, 2.05) is 6.07 Å². The van der Waals surface area contributed by atoms with Crippen LogP contribution in [0, 0.1) is 5.92 Å². The van der Waals surface area contributed by atoms with Crippen molar-refractivity contribution in [1.29, 1.82) is 0 Å². The van der Waals surface area contributed by atoms with Gasteiger partial charge in [-0.1, -0.05) is 44.2 Å². The van der Waals surface area contributed by atoms with Gasteiger partial charge in [0, 0.05) is 5.56 Å². The first-order valence-electron chi connectivity index (χ1n) is 5.85. The summed E-state index contributed by atoms with van der Waals surface area (Å²) in [6, 6.07) is 10.3. The lowest BCUT2D eigenvalue weighted by atomic mass is 10.1. The van der Waals surface area contributed by atoms with Gasteiger partial charge in [-0.25, -0.2) is 0 Å². The highest BCUT2D eigenvalue weighted by Gasteiger charge is 2.18. The molecule has 1 aromatic rings. The van der Waals surface area contributed by atoms with Gasteiger partial charge < -0.3 is 4.43 Å². The van der Waals surface area contributed by atoms with Crippen LogP contribution in [0.3, 0.4) is 0 Å². The van der Waals surface area contributed by atoms with E-state index in [4.69, 9.17) is 4.43 Å². The lowest BCUT2D eigenvalue weighted by molar-refractivity contribution is 0.509. The third-order valence-electron chi connectivity index (χ3n) is 1.96. The fourth-order valence-corrected chi connectivity index (χ4v) is 2.27. The Hall–Kier alpha value is -1.02. The van der Waals surface area contributed by atoms with Crippen LogP contribution in [0.4, 0.5) is 0 Å². The van der Waals surface area contributed by atoms with Gasteiger partial charge in [0.05, 0.1) is 0 Å². The molecule has 88 valence electrons. The highest BCUT2D eigenvalue weighted by atomic mass is 28.4. The average molecular weight is 234 g/mol. The lowest BCUT2D eigenvalue weighted by Crippen LogP contribution is -2.24. The van der Waals surface area contributed by atoms with Crippen molar-refractivity contribution >= 4 is 14.1 Å². The van der Waals surface area contributed by atoms with Gasteiger partial charge in [-0.15, -0.1) is 0 Å². The van der Waals surface area contributed by atoms with E-state index in [2.05, 4.69) is 63.8 Å². The first-order valence-corrected chi connectivity index (χ1v) is 9.25. The second kappa shape index (κ2) is 5.35. The summed E-state index contributed by atoms with van der Waals surface area (Å²) in [4.78, 5) is 0. The van der Waals surface area contributed by atoms with Crippen LogP contribution >= 0.6 is 0 Å². The van der Waals surface area contributed by atoms with Crippen molar-refractivity contribution < 1.29 is 4.43 Å². The first kappa shape index (κ1) is 13.0. The third-order valence-corrected chi connectivity index (χ3v) is 2.79. The van der Waals surface area contributed by atoms with Crippen LogP contribution < -0.4 is 0 Å². The van der Waals surface area contributed by atoms with E-state index in [1.165, 1.54) is 5.56 Å². The topological polar surface area (TPSA) is 9.23 Å². The lowest BCUT2D eigenvalue weighted by Gasteiger charge is -2.22. The maximum Gasteiger partial charge on any atom is 0.242 e. The molecule has 1 rings (SSSR count). The molecule has 1 aromatic carbocycles. The van der Waals surface area contributed by atoms with Crippen molar-refractivity contribution in [3.8, 4) is 0 Å². The molecular weight excluding hydrogens is 212 g/mol. The molecule has 0 aliphatic carbocycles. The molecule has 0 saturated carbocycles. The van der Waals surface area contributed by atoms with Crippen molar-refractivity contribution in [3.63, 3.8) is 0 Å². The number of rotatable bonds is 4. The fraction of sp³-hybridized carbons (Fsp3) is 0.429. The summed E-state index contributed by atoms with van der Waals surface area (Å²) < 4.78 is 6.13. The Morgan fingerprint density at radius 2 is 1.69 bits per heavy atom. The van der Waals surface area contributed by atoms with Gasteiger partial charge in [-0.3, -0.25) is 0 Å². The molecule has 0 radical (unpaired) electrons. The molecule has 0 unspecified atom stereocenters. The molecule has 0 bridgehead atoms. The predicted molar refractivity (Wildman–Crippen MR) is 73.7 cm³/mol. The Kier molecular flexibility index (Phi) is 4.36. The molecule has 0 aromatic heterocycles. The van der Waals surface area contributed by atoms with Crippen molar-refractivity contribution in [1.82, 2.24) is 0 Å². The first-order chi connectivity index (χ1) is 7.38. The minimum absolute atomic E-state index is 0.506. The molecule has 0 spiro atoms. The highest BCUT2D eigenvalue weighted by molar-refractivity contribution is 6.70. The second-order valence-electron chi connectivity index (χ2n) is 5.36. The Labute approximate surface area is 100 Å². The standard InChI is InChI=1S/C14H22OSi/c1-12(2)11-14(15-16(3,4)5)13-9-7-6-8-10-13/h6-12H,1-5H3/b14-11+.